The number of aliphatic hydroxyl groups is 2. The molecule has 3 aliphatic rings. The van der Waals surface area contributed by atoms with Gasteiger partial charge in [0.25, 0.3) is 0 Å². The Labute approximate surface area is 450 Å². The number of oxime groups is 1. The minimum atomic E-state index is -1.50. The Hall–Kier alpha value is -6.01. The number of hydrogen-bond donors (Lipinski definition) is 2. The largest absolute Gasteiger partial charge is 0.489 e. The lowest BCUT2D eigenvalue weighted by Gasteiger charge is -2.60. The van der Waals surface area contributed by atoms with Crippen LogP contribution in [0.2, 0.25) is 0 Å². The average molecular weight is 1040 g/mol. The summed E-state index contributed by atoms with van der Waals surface area (Å²) in [5.41, 5.74) is 4.90. The molecule has 0 bridgehead atoms. The van der Waals surface area contributed by atoms with E-state index >= 15 is 4.79 Å². The molecule has 8 rings (SSSR count). The van der Waals surface area contributed by atoms with Gasteiger partial charge >= 0.3 is 6.09 Å². The molecule has 2 N–H and O–H groups in total. The summed E-state index contributed by atoms with van der Waals surface area (Å²) in [6.07, 6.45) is 19.9. The van der Waals surface area contributed by atoms with Gasteiger partial charge in [-0.05, 0) is 95.7 Å². The second-order valence-corrected chi connectivity index (χ2v) is 21.0. The van der Waals surface area contributed by atoms with Crippen molar-refractivity contribution in [1.82, 2.24) is 4.90 Å². The van der Waals surface area contributed by atoms with Gasteiger partial charge in [-0.15, -0.1) is 6.58 Å². The monoisotopic (exact) mass is 1040 g/mol. The molecule has 6 atom stereocenters. The average Bonchev–Trinajstić information content (AvgIpc) is 3.55. The minimum Gasteiger partial charge on any atom is -0.489 e. The molecule has 0 saturated heterocycles. The number of rotatable bonds is 31. The third-order valence-electron chi connectivity index (χ3n) is 15.8. The molecule has 0 aromatic heterocycles. The predicted octanol–water partition coefficient (Wildman–Crippen LogP) is 15.0. The van der Waals surface area contributed by atoms with Gasteiger partial charge in [-0.25, -0.2) is 9.18 Å². The highest BCUT2D eigenvalue weighted by Crippen LogP contribution is 2.62. The number of aliphatic hydroxyl groups excluding tert-OH is 2. The van der Waals surface area contributed by atoms with Crippen LogP contribution in [0.25, 0.3) is 10.8 Å². The van der Waals surface area contributed by atoms with Gasteiger partial charge in [0.15, 0.2) is 0 Å². The molecule has 5 aromatic carbocycles. The fourth-order valence-electron chi connectivity index (χ4n) is 12.0. The second-order valence-electron chi connectivity index (χ2n) is 21.0. The SMILES string of the molecule is C=CCO[C@@]12Oc3ccc(OCc4ccccc4F)cc3[C@H]3[C@H](CCCCO)[C@@H](CCCCO)C=C(C(=NOCc4ccccc4)C[C@@H]1N(Cc1cccc4ccccc14)C(=O)OCCCCCCCCCCCC)[C@H]32. The maximum atomic E-state index is 15.4. The van der Waals surface area contributed by atoms with Crippen LogP contribution in [0.5, 0.6) is 11.5 Å². The quantitative estimate of drug-likeness (QED) is 0.0256. The van der Waals surface area contributed by atoms with Crippen molar-refractivity contribution in [2.45, 2.75) is 154 Å². The molecule has 1 fully saturated rings. The van der Waals surface area contributed by atoms with Crippen molar-refractivity contribution in [3.63, 3.8) is 0 Å². The van der Waals surface area contributed by atoms with Crippen LogP contribution in [-0.4, -0.2) is 65.2 Å². The van der Waals surface area contributed by atoms with Gasteiger partial charge in [0.2, 0.25) is 5.79 Å². The van der Waals surface area contributed by atoms with E-state index in [9.17, 15) is 14.6 Å². The van der Waals surface area contributed by atoms with Gasteiger partial charge in [-0.1, -0.05) is 186 Å². The Kier molecular flexibility index (Phi) is 21.4. The van der Waals surface area contributed by atoms with Crippen molar-refractivity contribution < 1.29 is 43.2 Å². The van der Waals surface area contributed by atoms with Crippen LogP contribution in [0, 0.1) is 23.6 Å². The number of unbranched alkanes of at least 4 members (excludes halogenated alkanes) is 11. The summed E-state index contributed by atoms with van der Waals surface area (Å²) >= 11 is 0. The van der Waals surface area contributed by atoms with Crippen LogP contribution in [0.1, 0.15) is 144 Å². The van der Waals surface area contributed by atoms with Crippen LogP contribution in [0.3, 0.4) is 0 Å². The van der Waals surface area contributed by atoms with Crippen LogP contribution < -0.4 is 9.47 Å². The lowest BCUT2D eigenvalue weighted by Crippen LogP contribution is -2.70. The van der Waals surface area contributed by atoms with E-state index in [1.807, 2.05) is 71.6 Å². The minimum absolute atomic E-state index is 0.00443. The maximum Gasteiger partial charge on any atom is 0.410 e. The van der Waals surface area contributed by atoms with Gasteiger partial charge in [0, 0.05) is 36.7 Å². The van der Waals surface area contributed by atoms with E-state index < -0.39 is 23.8 Å². The Morgan fingerprint density at radius 1 is 0.789 bits per heavy atom. The Morgan fingerprint density at radius 2 is 1.49 bits per heavy atom. The summed E-state index contributed by atoms with van der Waals surface area (Å²) in [5.74, 6) is -1.48. The zero-order valence-electron chi connectivity index (χ0n) is 44.8. The van der Waals surface area contributed by atoms with Gasteiger partial charge in [-0.3, -0.25) is 4.90 Å². The molecule has 406 valence electrons. The van der Waals surface area contributed by atoms with E-state index in [1.165, 1.54) is 51.0 Å². The first-order chi connectivity index (χ1) is 37.4. The van der Waals surface area contributed by atoms with Crippen molar-refractivity contribution in [3.8, 4) is 11.5 Å². The molecule has 1 amide bonds. The van der Waals surface area contributed by atoms with Crippen LogP contribution in [0.4, 0.5) is 9.18 Å². The van der Waals surface area contributed by atoms with Crippen LogP contribution in [-0.2, 0) is 34.1 Å². The molecule has 10 nitrogen and oxygen atoms in total. The third-order valence-corrected chi connectivity index (χ3v) is 15.8. The molecule has 1 saturated carbocycles. The molecule has 76 heavy (non-hydrogen) atoms. The number of allylic oxidation sites excluding steroid dienone is 1. The summed E-state index contributed by atoms with van der Waals surface area (Å²) in [5, 5.41) is 27.4. The first kappa shape index (κ1) is 56.2. The number of amides is 1. The smallest absolute Gasteiger partial charge is 0.410 e. The first-order valence-electron chi connectivity index (χ1n) is 28.4. The highest BCUT2D eigenvalue weighted by atomic mass is 19.1. The maximum absolute atomic E-state index is 15.4. The number of halogens is 1. The Morgan fingerprint density at radius 3 is 2.25 bits per heavy atom. The number of carbonyl (C=O) groups is 1. The number of benzene rings is 5. The molecule has 0 radical (unpaired) electrons. The van der Waals surface area contributed by atoms with E-state index in [2.05, 4.69) is 43.8 Å². The zero-order valence-corrected chi connectivity index (χ0v) is 44.8. The molecule has 1 heterocycles. The van der Waals surface area contributed by atoms with Gasteiger partial charge in [0.05, 0.1) is 31.4 Å². The summed E-state index contributed by atoms with van der Waals surface area (Å²) in [6, 6.07) is 36.0. The molecule has 5 aromatic rings. The van der Waals surface area contributed by atoms with Crippen molar-refractivity contribution in [1.29, 1.82) is 0 Å². The fraction of sp³-hybridized carbons (Fsp3) is 0.477. The molecule has 2 aliphatic carbocycles. The number of hydrogen-bond acceptors (Lipinski definition) is 9. The highest BCUT2D eigenvalue weighted by Gasteiger charge is 2.66. The molecule has 1 aliphatic heterocycles. The van der Waals surface area contributed by atoms with Crippen LogP contribution >= 0.6 is 0 Å². The zero-order chi connectivity index (χ0) is 53.0. The Bertz CT molecular complexity index is 2670. The summed E-state index contributed by atoms with van der Waals surface area (Å²) < 4.78 is 42.7. The van der Waals surface area contributed by atoms with Crippen LogP contribution in [0.15, 0.2) is 145 Å². The van der Waals surface area contributed by atoms with Gasteiger partial charge in [0.1, 0.15) is 36.6 Å². The lowest BCUT2D eigenvalue weighted by atomic mass is 9.55. The van der Waals surface area contributed by atoms with E-state index in [0.717, 1.165) is 78.0 Å². The van der Waals surface area contributed by atoms with E-state index in [-0.39, 0.29) is 76.2 Å². The first-order valence-corrected chi connectivity index (χ1v) is 28.4. The normalized spacial score (nSPS) is 21.0. The van der Waals surface area contributed by atoms with Gasteiger partial charge < -0.3 is 34.0 Å². The molecular formula is C65H81FN2O8. The summed E-state index contributed by atoms with van der Waals surface area (Å²) in [7, 11) is 0. The number of carbonyl (C=O) groups excluding carboxylic acids is 1. The third kappa shape index (κ3) is 14.1. The van der Waals surface area contributed by atoms with E-state index in [4.69, 9.17) is 28.9 Å². The predicted molar refractivity (Wildman–Crippen MR) is 300 cm³/mol. The molecule has 11 heteroatoms. The second kappa shape index (κ2) is 28.9. The van der Waals surface area contributed by atoms with Crippen molar-refractivity contribution in [2.24, 2.45) is 22.9 Å². The molecule has 0 unspecified atom stereocenters. The summed E-state index contributed by atoms with van der Waals surface area (Å²) in [6.45, 7) is 7.39. The van der Waals surface area contributed by atoms with E-state index in [1.54, 1.807) is 24.3 Å². The topological polar surface area (TPSA) is 119 Å². The van der Waals surface area contributed by atoms with Crippen molar-refractivity contribution in [2.75, 3.05) is 26.4 Å². The van der Waals surface area contributed by atoms with E-state index in [0.29, 0.717) is 35.6 Å². The number of ether oxygens (including phenoxy) is 4. The number of nitrogens with zero attached hydrogens (tertiary/aromatic N) is 2. The summed E-state index contributed by atoms with van der Waals surface area (Å²) in [4.78, 5) is 23.6. The molecular weight excluding hydrogens is 956 g/mol. The lowest BCUT2D eigenvalue weighted by molar-refractivity contribution is -0.256. The standard InChI is InChI=1S/C65H81FN2O8/c1-3-5-6-7-8-9-10-11-12-24-41-72-64(71)68(45-51-32-25-31-49-28-16-18-33-54(49)51)61-44-59(67-75-46-48-26-14-13-15-27-48)56-42-50(29-20-22-38-69)55(34-21-23-39-70)62-57-43-53(73-47-52-30-17-19-35-58(52)66)36-37-60(57)76-65(61,63(56)62)74-40-4-2/h4,13-19,25-28,30-33,35-37,42-43,50,55,61-63,69-70H,2-3,5-12,20-24,29,34,38-41,44-47H2,1H3/t50-,55+,61-,62+,63+,65+/m0/s1. The molecule has 0 spiro atoms. The number of fused-ring (bicyclic) bond motifs is 3. The fourth-order valence-corrected chi connectivity index (χ4v) is 12.0. The highest BCUT2D eigenvalue weighted by molar-refractivity contribution is 6.03. The van der Waals surface area contributed by atoms with Crippen molar-refractivity contribution >= 4 is 22.6 Å². The Balaban J connectivity index is 1.25. The van der Waals surface area contributed by atoms with Gasteiger partial charge in [-0.2, -0.15) is 0 Å². The van der Waals surface area contributed by atoms with Crippen molar-refractivity contribution in [3.05, 3.63) is 168 Å².